The first-order chi connectivity index (χ1) is 8.70. The van der Waals surface area contributed by atoms with Gasteiger partial charge in [0.25, 0.3) is 0 Å². The van der Waals surface area contributed by atoms with Crippen LogP contribution >= 0.6 is 11.6 Å². The topological polar surface area (TPSA) is 32.5 Å². The number of hydrogen-bond donors (Lipinski definition) is 1. The van der Waals surface area contributed by atoms with E-state index in [-0.39, 0.29) is 0 Å². The van der Waals surface area contributed by atoms with E-state index in [1.165, 1.54) is 5.56 Å². The highest BCUT2D eigenvalue weighted by Crippen LogP contribution is 2.22. The molecule has 1 heterocycles. The summed E-state index contributed by atoms with van der Waals surface area (Å²) in [6.07, 6.45) is 0. The van der Waals surface area contributed by atoms with Crippen molar-refractivity contribution in [2.45, 2.75) is 13.0 Å². The number of nitrogens with zero attached hydrogens (tertiary/aromatic N) is 2. The lowest BCUT2D eigenvalue weighted by atomic mass is 10.1. The van der Waals surface area contributed by atoms with Crippen LogP contribution in [-0.2, 0) is 0 Å². The number of hydrogen-bond acceptors (Lipinski definition) is 3. The minimum absolute atomic E-state index is 0.460. The summed E-state index contributed by atoms with van der Waals surface area (Å²) >= 11 is 5.92. The summed E-state index contributed by atoms with van der Waals surface area (Å²) in [6, 6.07) is 8.65. The molecule has 1 aliphatic rings. The highest BCUT2D eigenvalue weighted by atomic mass is 35.5. The van der Waals surface area contributed by atoms with Gasteiger partial charge in [0.15, 0.2) is 0 Å². The Kier molecular flexibility index (Phi) is 5.01. The van der Waals surface area contributed by atoms with Gasteiger partial charge in [-0.25, -0.2) is 0 Å². The van der Waals surface area contributed by atoms with Crippen molar-refractivity contribution in [3.8, 4) is 0 Å². The molecule has 0 bridgehead atoms. The molecule has 1 saturated heterocycles. The van der Waals surface area contributed by atoms with Crippen molar-refractivity contribution in [2.24, 2.45) is 5.73 Å². The standard InChI is InChI=1S/C14H22ClN3/c1-12(13-2-4-14(15)5-3-13)18-10-8-17(7-6-16)9-11-18/h2-5,12H,6-11,16H2,1H3. The summed E-state index contributed by atoms with van der Waals surface area (Å²) in [6.45, 7) is 8.51. The maximum absolute atomic E-state index is 5.92. The minimum atomic E-state index is 0.460. The molecule has 0 radical (unpaired) electrons. The molecular formula is C14H22ClN3. The van der Waals surface area contributed by atoms with Crippen molar-refractivity contribution in [1.82, 2.24) is 9.80 Å². The van der Waals surface area contributed by atoms with E-state index in [0.717, 1.165) is 44.3 Å². The smallest absolute Gasteiger partial charge is 0.0406 e. The van der Waals surface area contributed by atoms with Crippen molar-refractivity contribution in [1.29, 1.82) is 0 Å². The lowest BCUT2D eigenvalue weighted by Gasteiger charge is -2.38. The summed E-state index contributed by atoms with van der Waals surface area (Å²) in [5.41, 5.74) is 6.93. The molecule has 4 heteroatoms. The average molecular weight is 268 g/mol. The molecule has 1 aromatic carbocycles. The molecule has 18 heavy (non-hydrogen) atoms. The first kappa shape index (κ1) is 13.8. The number of benzene rings is 1. The van der Waals surface area contributed by atoms with E-state index in [2.05, 4.69) is 28.9 Å². The lowest BCUT2D eigenvalue weighted by Crippen LogP contribution is -2.48. The van der Waals surface area contributed by atoms with E-state index < -0.39 is 0 Å². The van der Waals surface area contributed by atoms with Crippen LogP contribution in [0.1, 0.15) is 18.5 Å². The van der Waals surface area contributed by atoms with Crippen molar-refractivity contribution in [2.75, 3.05) is 39.3 Å². The summed E-state index contributed by atoms with van der Waals surface area (Å²) in [5.74, 6) is 0. The van der Waals surface area contributed by atoms with Gasteiger partial charge in [0.05, 0.1) is 0 Å². The second-order valence-electron chi connectivity index (χ2n) is 4.89. The predicted molar refractivity (Wildman–Crippen MR) is 76.9 cm³/mol. The molecule has 0 aromatic heterocycles. The zero-order valence-electron chi connectivity index (χ0n) is 11.0. The Balaban J connectivity index is 1.91. The molecule has 1 atom stereocenters. The van der Waals surface area contributed by atoms with Gasteiger partial charge in [0.2, 0.25) is 0 Å². The van der Waals surface area contributed by atoms with Crippen LogP contribution in [0.15, 0.2) is 24.3 Å². The van der Waals surface area contributed by atoms with Crippen LogP contribution in [0.5, 0.6) is 0 Å². The molecule has 1 aliphatic heterocycles. The van der Waals surface area contributed by atoms with Crippen LogP contribution in [0, 0.1) is 0 Å². The molecule has 3 nitrogen and oxygen atoms in total. The fourth-order valence-electron chi connectivity index (χ4n) is 2.51. The fraction of sp³-hybridized carbons (Fsp3) is 0.571. The number of nitrogens with two attached hydrogens (primary N) is 1. The Bertz CT molecular complexity index is 358. The molecule has 2 N–H and O–H groups in total. The second kappa shape index (κ2) is 6.53. The number of rotatable bonds is 4. The largest absolute Gasteiger partial charge is 0.329 e. The van der Waals surface area contributed by atoms with Gasteiger partial charge in [-0.2, -0.15) is 0 Å². The Hall–Kier alpha value is -0.610. The molecule has 1 fully saturated rings. The molecule has 0 saturated carbocycles. The number of piperazine rings is 1. The third-order valence-corrected chi connectivity index (χ3v) is 4.00. The van der Waals surface area contributed by atoms with E-state index in [9.17, 15) is 0 Å². The Morgan fingerprint density at radius 2 is 1.78 bits per heavy atom. The molecule has 100 valence electrons. The van der Waals surface area contributed by atoms with E-state index in [1.54, 1.807) is 0 Å². The third-order valence-electron chi connectivity index (χ3n) is 3.75. The minimum Gasteiger partial charge on any atom is -0.329 e. The highest BCUT2D eigenvalue weighted by molar-refractivity contribution is 6.30. The van der Waals surface area contributed by atoms with Crippen molar-refractivity contribution >= 4 is 11.6 Å². The van der Waals surface area contributed by atoms with Crippen LogP contribution in [-0.4, -0.2) is 49.1 Å². The highest BCUT2D eigenvalue weighted by Gasteiger charge is 2.21. The van der Waals surface area contributed by atoms with Gasteiger partial charge in [0.1, 0.15) is 0 Å². The maximum Gasteiger partial charge on any atom is 0.0406 e. The summed E-state index contributed by atoms with van der Waals surface area (Å²) in [7, 11) is 0. The van der Waals surface area contributed by atoms with Gasteiger partial charge in [-0.1, -0.05) is 23.7 Å². The van der Waals surface area contributed by atoms with Gasteiger partial charge in [-0.05, 0) is 24.6 Å². The zero-order valence-corrected chi connectivity index (χ0v) is 11.7. The summed E-state index contributed by atoms with van der Waals surface area (Å²) in [5, 5.41) is 0.804. The predicted octanol–water partition coefficient (Wildman–Crippen LogP) is 1.98. The normalized spacial score (nSPS) is 19.9. The average Bonchev–Trinajstić information content (AvgIpc) is 2.40. The van der Waals surface area contributed by atoms with Gasteiger partial charge in [-0.15, -0.1) is 0 Å². The SMILES string of the molecule is CC(c1ccc(Cl)cc1)N1CCN(CCN)CC1. The van der Waals surface area contributed by atoms with Crippen molar-refractivity contribution in [3.05, 3.63) is 34.9 Å². The second-order valence-corrected chi connectivity index (χ2v) is 5.33. The van der Waals surface area contributed by atoms with E-state index in [1.807, 2.05) is 12.1 Å². The molecule has 1 aromatic rings. The zero-order chi connectivity index (χ0) is 13.0. The van der Waals surface area contributed by atoms with Crippen LogP contribution in [0.3, 0.4) is 0 Å². The van der Waals surface area contributed by atoms with Crippen LogP contribution < -0.4 is 5.73 Å². The first-order valence-electron chi connectivity index (χ1n) is 6.62. The molecular weight excluding hydrogens is 246 g/mol. The van der Waals surface area contributed by atoms with Gasteiger partial charge < -0.3 is 5.73 Å². The van der Waals surface area contributed by atoms with Gasteiger partial charge >= 0.3 is 0 Å². The molecule has 1 unspecified atom stereocenters. The maximum atomic E-state index is 5.92. The van der Waals surface area contributed by atoms with E-state index in [4.69, 9.17) is 17.3 Å². The van der Waals surface area contributed by atoms with Gasteiger partial charge in [-0.3, -0.25) is 9.80 Å². The van der Waals surface area contributed by atoms with Gasteiger partial charge in [0, 0.05) is 50.3 Å². The Morgan fingerprint density at radius 1 is 1.17 bits per heavy atom. The van der Waals surface area contributed by atoms with E-state index >= 15 is 0 Å². The Labute approximate surface area is 115 Å². The molecule has 0 aliphatic carbocycles. The van der Waals surface area contributed by atoms with Crippen LogP contribution in [0.4, 0.5) is 0 Å². The number of halogens is 1. The molecule has 2 rings (SSSR count). The molecule has 0 amide bonds. The summed E-state index contributed by atoms with van der Waals surface area (Å²) < 4.78 is 0. The van der Waals surface area contributed by atoms with E-state index in [0.29, 0.717) is 6.04 Å². The molecule has 0 spiro atoms. The monoisotopic (exact) mass is 267 g/mol. The third kappa shape index (κ3) is 3.45. The lowest BCUT2D eigenvalue weighted by molar-refractivity contribution is 0.104. The van der Waals surface area contributed by atoms with Crippen molar-refractivity contribution in [3.63, 3.8) is 0 Å². The van der Waals surface area contributed by atoms with Crippen LogP contribution in [0.2, 0.25) is 5.02 Å². The summed E-state index contributed by atoms with van der Waals surface area (Å²) in [4.78, 5) is 4.96. The first-order valence-corrected chi connectivity index (χ1v) is 7.00. The van der Waals surface area contributed by atoms with Crippen LogP contribution in [0.25, 0.3) is 0 Å². The van der Waals surface area contributed by atoms with Crippen molar-refractivity contribution < 1.29 is 0 Å². The quantitative estimate of drug-likeness (QED) is 0.906. The fourth-order valence-corrected chi connectivity index (χ4v) is 2.63. The Morgan fingerprint density at radius 3 is 2.33 bits per heavy atom.